The highest BCUT2D eigenvalue weighted by Crippen LogP contribution is 2.33. The van der Waals surface area contributed by atoms with Crippen LogP contribution in [0.2, 0.25) is 5.02 Å². The minimum atomic E-state index is -0.0343. The third-order valence-electron chi connectivity index (χ3n) is 3.64. The molecule has 0 unspecified atom stereocenters. The van der Waals surface area contributed by atoms with E-state index in [4.69, 9.17) is 16.3 Å². The Hall–Kier alpha value is -1.85. The van der Waals surface area contributed by atoms with Gasteiger partial charge in [-0.15, -0.1) is 11.3 Å². The van der Waals surface area contributed by atoms with Crippen LogP contribution in [0.1, 0.15) is 11.1 Å². The van der Waals surface area contributed by atoms with E-state index in [1.54, 1.807) is 10.9 Å². The number of hydrogen-bond acceptors (Lipinski definition) is 4. The standard InChI is InChI=1S/C15H11ClN2O2S/c16-11-3-9-1-2-20-14(9)10(4-11)5-18-8-17-13-7-21-6-12(13)15(18)19/h3-4,6-8H,1-2,5H2. The Balaban J connectivity index is 1.82. The van der Waals surface area contributed by atoms with Gasteiger partial charge < -0.3 is 4.74 Å². The van der Waals surface area contributed by atoms with Crippen LogP contribution < -0.4 is 10.3 Å². The van der Waals surface area contributed by atoms with Crippen LogP contribution in [0.4, 0.5) is 0 Å². The van der Waals surface area contributed by atoms with E-state index < -0.39 is 0 Å². The molecule has 2 aromatic heterocycles. The Kier molecular flexibility index (Phi) is 2.97. The summed E-state index contributed by atoms with van der Waals surface area (Å²) in [6.45, 7) is 1.08. The normalized spacial score (nSPS) is 13.4. The van der Waals surface area contributed by atoms with Crippen molar-refractivity contribution >= 4 is 33.8 Å². The zero-order valence-electron chi connectivity index (χ0n) is 11.0. The molecule has 0 spiro atoms. The van der Waals surface area contributed by atoms with Crippen LogP contribution >= 0.6 is 22.9 Å². The van der Waals surface area contributed by atoms with E-state index in [0.717, 1.165) is 28.8 Å². The fourth-order valence-corrected chi connectivity index (χ4v) is 3.65. The topological polar surface area (TPSA) is 44.1 Å². The molecule has 4 nitrogen and oxygen atoms in total. The van der Waals surface area contributed by atoms with Gasteiger partial charge in [0.15, 0.2) is 0 Å². The van der Waals surface area contributed by atoms with Crippen molar-refractivity contribution in [3.8, 4) is 5.75 Å². The van der Waals surface area contributed by atoms with Crippen molar-refractivity contribution < 1.29 is 4.74 Å². The molecule has 0 bridgehead atoms. The first-order valence-corrected chi connectivity index (χ1v) is 7.90. The predicted octanol–water partition coefficient (Wildman–Crippen LogP) is 3.09. The molecule has 3 aromatic rings. The molecule has 0 saturated carbocycles. The Morgan fingerprint density at radius 2 is 2.29 bits per heavy atom. The molecule has 3 heterocycles. The first-order chi connectivity index (χ1) is 10.2. The Bertz CT molecular complexity index is 900. The van der Waals surface area contributed by atoms with Crippen molar-refractivity contribution in [2.75, 3.05) is 6.61 Å². The Morgan fingerprint density at radius 3 is 3.19 bits per heavy atom. The number of fused-ring (bicyclic) bond motifs is 2. The summed E-state index contributed by atoms with van der Waals surface area (Å²) >= 11 is 7.64. The SMILES string of the molecule is O=c1c2cscc2ncn1Cc1cc(Cl)cc2c1OCC2. The highest BCUT2D eigenvalue weighted by atomic mass is 35.5. The Morgan fingerprint density at radius 1 is 1.38 bits per heavy atom. The third-order valence-corrected chi connectivity index (χ3v) is 4.58. The molecule has 1 aliphatic heterocycles. The number of nitrogens with zero attached hydrogens (tertiary/aromatic N) is 2. The van der Waals surface area contributed by atoms with E-state index in [-0.39, 0.29) is 5.56 Å². The lowest BCUT2D eigenvalue weighted by atomic mass is 10.1. The van der Waals surface area contributed by atoms with Gasteiger partial charge >= 0.3 is 0 Å². The van der Waals surface area contributed by atoms with Gasteiger partial charge in [0.25, 0.3) is 5.56 Å². The third kappa shape index (κ3) is 2.13. The number of halogens is 1. The van der Waals surface area contributed by atoms with Gasteiger partial charge in [0, 0.05) is 27.8 Å². The lowest BCUT2D eigenvalue weighted by Gasteiger charge is -2.10. The fourth-order valence-electron chi connectivity index (χ4n) is 2.65. The second kappa shape index (κ2) is 4.86. The monoisotopic (exact) mass is 318 g/mol. The van der Waals surface area contributed by atoms with Crippen LogP contribution in [0.3, 0.4) is 0 Å². The molecule has 0 atom stereocenters. The average molecular weight is 319 g/mol. The fraction of sp³-hybridized carbons (Fsp3) is 0.200. The van der Waals surface area contributed by atoms with Crippen molar-refractivity contribution in [1.29, 1.82) is 0 Å². The lowest BCUT2D eigenvalue weighted by molar-refractivity contribution is 0.352. The molecule has 0 amide bonds. The van der Waals surface area contributed by atoms with E-state index in [1.807, 2.05) is 22.9 Å². The van der Waals surface area contributed by atoms with Gasteiger partial charge in [-0.2, -0.15) is 0 Å². The summed E-state index contributed by atoms with van der Waals surface area (Å²) in [5.74, 6) is 0.858. The highest BCUT2D eigenvalue weighted by molar-refractivity contribution is 7.09. The van der Waals surface area contributed by atoms with Gasteiger partial charge in [0.2, 0.25) is 0 Å². The smallest absolute Gasteiger partial charge is 0.262 e. The van der Waals surface area contributed by atoms with Crippen LogP contribution in [0.25, 0.3) is 10.9 Å². The van der Waals surface area contributed by atoms with Gasteiger partial charge in [-0.3, -0.25) is 9.36 Å². The van der Waals surface area contributed by atoms with Gasteiger partial charge in [-0.25, -0.2) is 4.98 Å². The summed E-state index contributed by atoms with van der Waals surface area (Å²) in [4.78, 5) is 16.7. The second-order valence-corrected chi connectivity index (χ2v) is 6.18. The summed E-state index contributed by atoms with van der Waals surface area (Å²) in [6.07, 6.45) is 2.44. The molecule has 1 aliphatic rings. The zero-order chi connectivity index (χ0) is 14.4. The number of rotatable bonds is 2. The molecule has 4 rings (SSSR count). The maximum Gasteiger partial charge on any atom is 0.262 e. The molecule has 0 aliphatic carbocycles. The van der Waals surface area contributed by atoms with E-state index in [0.29, 0.717) is 23.6 Å². The minimum absolute atomic E-state index is 0.0343. The first kappa shape index (κ1) is 12.9. The van der Waals surface area contributed by atoms with Gasteiger partial charge in [0.1, 0.15) is 5.75 Å². The molecule has 21 heavy (non-hydrogen) atoms. The van der Waals surface area contributed by atoms with Crippen LogP contribution in [0, 0.1) is 0 Å². The Labute approximate surface area is 129 Å². The van der Waals surface area contributed by atoms with Crippen molar-refractivity contribution in [2.45, 2.75) is 13.0 Å². The highest BCUT2D eigenvalue weighted by Gasteiger charge is 2.18. The van der Waals surface area contributed by atoms with Crippen molar-refractivity contribution in [2.24, 2.45) is 0 Å². The molecule has 0 N–H and O–H groups in total. The van der Waals surface area contributed by atoms with Crippen molar-refractivity contribution in [3.05, 3.63) is 55.7 Å². The predicted molar refractivity (Wildman–Crippen MR) is 83.6 cm³/mol. The number of ether oxygens (including phenoxy) is 1. The average Bonchev–Trinajstić information content (AvgIpc) is 3.10. The quantitative estimate of drug-likeness (QED) is 0.729. The van der Waals surface area contributed by atoms with E-state index in [2.05, 4.69) is 4.98 Å². The zero-order valence-corrected chi connectivity index (χ0v) is 12.6. The molecule has 1 aromatic carbocycles. The summed E-state index contributed by atoms with van der Waals surface area (Å²) in [6, 6.07) is 3.78. The maximum absolute atomic E-state index is 12.4. The first-order valence-electron chi connectivity index (χ1n) is 6.58. The van der Waals surface area contributed by atoms with Crippen LogP contribution in [-0.4, -0.2) is 16.2 Å². The van der Waals surface area contributed by atoms with Gasteiger partial charge in [-0.05, 0) is 17.7 Å². The van der Waals surface area contributed by atoms with Gasteiger partial charge in [-0.1, -0.05) is 11.6 Å². The van der Waals surface area contributed by atoms with Gasteiger partial charge in [0.05, 0.1) is 30.4 Å². The number of aromatic nitrogens is 2. The van der Waals surface area contributed by atoms with Crippen molar-refractivity contribution in [3.63, 3.8) is 0 Å². The molecular weight excluding hydrogens is 308 g/mol. The molecule has 106 valence electrons. The molecule has 6 heteroatoms. The lowest BCUT2D eigenvalue weighted by Crippen LogP contribution is -2.20. The van der Waals surface area contributed by atoms with E-state index in [9.17, 15) is 4.79 Å². The van der Waals surface area contributed by atoms with Crippen LogP contribution in [0.15, 0.2) is 34.0 Å². The molecular formula is C15H11ClN2O2S. The molecule has 0 fully saturated rings. The number of hydrogen-bond donors (Lipinski definition) is 0. The number of thiophene rings is 1. The minimum Gasteiger partial charge on any atom is -0.493 e. The summed E-state index contributed by atoms with van der Waals surface area (Å²) < 4.78 is 7.28. The van der Waals surface area contributed by atoms with Crippen LogP contribution in [-0.2, 0) is 13.0 Å². The largest absolute Gasteiger partial charge is 0.493 e. The summed E-state index contributed by atoms with van der Waals surface area (Å²) in [5.41, 5.74) is 2.74. The van der Waals surface area contributed by atoms with E-state index in [1.165, 1.54) is 11.3 Å². The molecule has 0 saturated heterocycles. The summed E-state index contributed by atoms with van der Waals surface area (Å²) in [5, 5.41) is 5.04. The van der Waals surface area contributed by atoms with Crippen molar-refractivity contribution in [1.82, 2.24) is 9.55 Å². The summed E-state index contributed by atoms with van der Waals surface area (Å²) in [7, 11) is 0. The maximum atomic E-state index is 12.4. The van der Waals surface area contributed by atoms with E-state index >= 15 is 0 Å². The van der Waals surface area contributed by atoms with Crippen LogP contribution in [0.5, 0.6) is 5.75 Å². The number of benzene rings is 1. The molecule has 0 radical (unpaired) electrons. The second-order valence-electron chi connectivity index (χ2n) is 5.00.